The number of anilines is 2. The van der Waals surface area contributed by atoms with Crippen molar-refractivity contribution in [3.63, 3.8) is 0 Å². The Morgan fingerprint density at radius 2 is 2.00 bits per heavy atom. The summed E-state index contributed by atoms with van der Waals surface area (Å²) >= 11 is 5.93. The molecule has 0 atom stereocenters. The van der Waals surface area contributed by atoms with Crippen LogP contribution in [0.4, 0.5) is 11.4 Å². The van der Waals surface area contributed by atoms with E-state index in [0.717, 1.165) is 12.8 Å². The van der Waals surface area contributed by atoms with E-state index in [9.17, 15) is 9.59 Å². The highest BCUT2D eigenvalue weighted by atomic mass is 35.5. The molecule has 0 radical (unpaired) electrons. The fourth-order valence-electron chi connectivity index (χ4n) is 1.45. The number of rotatable bonds is 5. The zero-order valence-corrected chi connectivity index (χ0v) is 11.3. The van der Waals surface area contributed by atoms with Crippen molar-refractivity contribution < 1.29 is 9.59 Å². The van der Waals surface area contributed by atoms with Gasteiger partial charge in [0.2, 0.25) is 11.8 Å². The van der Waals surface area contributed by atoms with Gasteiger partial charge in [-0.1, -0.05) is 24.9 Å². The largest absolute Gasteiger partial charge is 0.326 e. The number of unbranched alkanes of at least 4 members (excludes halogenated alkanes) is 1. The molecule has 4 nitrogen and oxygen atoms in total. The molecule has 98 valence electrons. The first kappa shape index (κ1) is 14.5. The van der Waals surface area contributed by atoms with Gasteiger partial charge in [0.25, 0.3) is 0 Å². The molecule has 1 rings (SSSR count). The molecule has 0 aromatic heterocycles. The fourth-order valence-corrected chi connectivity index (χ4v) is 1.61. The van der Waals surface area contributed by atoms with Crippen LogP contribution in [0.1, 0.15) is 33.1 Å². The molecule has 0 saturated carbocycles. The summed E-state index contributed by atoms with van der Waals surface area (Å²) in [5, 5.41) is 5.82. The van der Waals surface area contributed by atoms with Crippen molar-refractivity contribution in [2.45, 2.75) is 33.1 Å². The van der Waals surface area contributed by atoms with E-state index in [1.807, 2.05) is 6.92 Å². The van der Waals surface area contributed by atoms with Gasteiger partial charge in [-0.05, 0) is 24.6 Å². The minimum absolute atomic E-state index is 0.0343. The highest BCUT2D eigenvalue weighted by Gasteiger charge is 2.06. The molecule has 0 bridgehead atoms. The van der Waals surface area contributed by atoms with Crippen LogP contribution in [-0.2, 0) is 9.59 Å². The van der Waals surface area contributed by atoms with Gasteiger partial charge >= 0.3 is 0 Å². The second kappa shape index (κ2) is 7.01. The summed E-state index contributed by atoms with van der Waals surface area (Å²) in [5.41, 5.74) is 1.13. The Labute approximate surface area is 112 Å². The summed E-state index contributed by atoms with van der Waals surface area (Å²) < 4.78 is 0. The van der Waals surface area contributed by atoms with Gasteiger partial charge in [0.05, 0.1) is 10.7 Å². The lowest BCUT2D eigenvalue weighted by Gasteiger charge is -2.09. The Balaban J connectivity index is 2.72. The van der Waals surface area contributed by atoms with Gasteiger partial charge < -0.3 is 10.6 Å². The highest BCUT2D eigenvalue weighted by Crippen LogP contribution is 2.25. The second-order valence-corrected chi connectivity index (χ2v) is 4.43. The minimum Gasteiger partial charge on any atom is -0.326 e. The molecule has 0 saturated heterocycles. The van der Waals surface area contributed by atoms with Crippen molar-refractivity contribution in [2.24, 2.45) is 0 Å². The highest BCUT2D eigenvalue weighted by molar-refractivity contribution is 6.33. The Kier molecular flexibility index (Phi) is 5.65. The third-order valence-corrected chi connectivity index (χ3v) is 2.65. The van der Waals surface area contributed by atoms with E-state index in [4.69, 9.17) is 11.6 Å². The molecule has 18 heavy (non-hydrogen) atoms. The van der Waals surface area contributed by atoms with E-state index in [0.29, 0.717) is 22.8 Å². The molecular formula is C13H17ClN2O2. The molecule has 1 aromatic carbocycles. The zero-order valence-electron chi connectivity index (χ0n) is 10.5. The van der Waals surface area contributed by atoms with Crippen LogP contribution in [0.25, 0.3) is 0 Å². The molecule has 5 heteroatoms. The van der Waals surface area contributed by atoms with Crippen molar-refractivity contribution in [3.05, 3.63) is 23.2 Å². The van der Waals surface area contributed by atoms with Crippen LogP contribution >= 0.6 is 11.6 Å². The monoisotopic (exact) mass is 268 g/mol. The van der Waals surface area contributed by atoms with Crippen LogP contribution in [0.5, 0.6) is 0 Å². The standard InChI is InChI=1S/C13H17ClN2O2/c1-3-4-5-13(18)16-10-6-7-11(14)12(8-10)15-9(2)17/h6-8H,3-5H2,1-2H3,(H,15,17)(H,16,18). The molecular weight excluding hydrogens is 252 g/mol. The van der Waals surface area contributed by atoms with Gasteiger partial charge in [0.15, 0.2) is 0 Å². The third-order valence-electron chi connectivity index (χ3n) is 2.32. The maximum atomic E-state index is 11.6. The van der Waals surface area contributed by atoms with Gasteiger partial charge in [0, 0.05) is 19.0 Å². The molecule has 0 aliphatic carbocycles. The van der Waals surface area contributed by atoms with Crippen molar-refractivity contribution in [2.75, 3.05) is 10.6 Å². The molecule has 0 unspecified atom stereocenters. The van der Waals surface area contributed by atoms with E-state index in [2.05, 4.69) is 10.6 Å². The summed E-state index contributed by atoms with van der Waals surface area (Å²) in [6, 6.07) is 4.99. The van der Waals surface area contributed by atoms with E-state index in [1.54, 1.807) is 18.2 Å². The van der Waals surface area contributed by atoms with Crippen molar-refractivity contribution in [3.8, 4) is 0 Å². The SMILES string of the molecule is CCCCC(=O)Nc1ccc(Cl)c(NC(C)=O)c1. The van der Waals surface area contributed by atoms with Crippen molar-refractivity contribution >= 4 is 34.8 Å². The lowest BCUT2D eigenvalue weighted by atomic mass is 10.2. The van der Waals surface area contributed by atoms with Crippen LogP contribution < -0.4 is 10.6 Å². The van der Waals surface area contributed by atoms with E-state index < -0.39 is 0 Å². The number of nitrogens with one attached hydrogen (secondary N) is 2. The normalized spacial score (nSPS) is 9.94. The number of carbonyl (C=O) groups excluding carboxylic acids is 2. The van der Waals surface area contributed by atoms with Gasteiger partial charge in [0.1, 0.15) is 0 Å². The minimum atomic E-state index is -0.202. The topological polar surface area (TPSA) is 58.2 Å². The molecule has 0 aliphatic rings. The average molecular weight is 269 g/mol. The molecule has 0 fully saturated rings. The summed E-state index contributed by atoms with van der Waals surface area (Å²) in [6.45, 7) is 3.44. The molecule has 2 N–H and O–H groups in total. The first-order chi connectivity index (χ1) is 8.52. The molecule has 0 aliphatic heterocycles. The van der Waals surface area contributed by atoms with Crippen LogP contribution in [0, 0.1) is 0 Å². The Bertz CT molecular complexity index is 447. The van der Waals surface area contributed by atoms with E-state index >= 15 is 0 Å². The third kappa shape index (κ3) is 4.75. The predicted octanol–water partition coefficient (Wildman–Crippen LogP) is 3.43. The number of hydrogen-bond donors (Lipinski definition) is 2. The lowest BCUT2D eigenvalue weighted by Crippen LogP contribution is -2.12. The number of benzene rings is 1. The Morgan fingerprint density at radius 1 is 1.28 bits per heavy atom. The summed E-state index contributed by atoms with van der Waals surface area (Å²) in [6.07, 6.45) is 2.33. The fraction of sp³-hybridized carbons (Fsp3) is 0.385. The molecule has 0 heterocycles. The molecule has 0 spiro atoms. The quantitative estimate of drug-likeness (QED) is 0.860. The molecule has 1 aromatic rings. The maximum Gasteiger partial charge on any atom is 0.224 e. The van der Waals surface area contributed by atoms with Crippen LogP contribution in [-0.4, -0.2) is 11.8 Å². The van der Waals surface area contributed by atoms with Crippen molar-refractivity contribution in [1.29, 1.82) is 0 Å². The summed E-state index contributed by atoms with van der Waals surface area (Å²) in [5.74, 6) is -0.237. The van der Waals surface area contributed by atoms with Gasteiger partial charge in [-0.15, -0.1) is 0 Å². The van der Waals surface area contributed by atoms with E-state index in [1.165, 1.54) is 6.92 Å². The number of hydrogen-bond acceptors (Lipinski definition) is 2. The van der Waals surface area contributed by atoms with Gasteiger partial charge in [-0.2, -0.15) is 0 Å². The van der Waals surface area contributed by atoms with Crippen LogP contribution in [0.15, 0.2) is 18.2 Å². The first-order valence-electron chi connectivity index (χ1n) is 5.90. The number of carbonyl (C=O) groups is 2. The van der Waals surface area contributed by atoms with E-state index in [-0.39, 0.29) is 11.8 Å². The summed E-state index contributed by atoms with van der Waals surface area (Å²) in [4.78, 5) is 22.5. The smallest absolute Gasteiger partial charge is 0.224 e. The number of halogens is 1. The Morgan fingerprint density at radius 3 is 2.61 bits per heavy atom. The van der Waals surface area contributed by atoms with Gasteiger partial charge in [-0.25, -0.2) is 0 Å². The Hall–Kier alpha value is -1.55. The first-order valence-corrected chi connectivity index (χ1v) is 6.27. The maximum absolute atomic E-state index is 11.6. The summed E-state index contributed by atoms with van der Waals surface area (Å²) in [7, 11) is 0. The van der Waals surface area contributed by atoms with Crippen molar-refractivity contribution in [1.82, 2.24) is 0 Å². The van der Waals surface area contributed by atoms with Crippen LogP contribution in [0.2, 0.25) is 5.02 Å². The lowest BCUT2D eigenvalue weighted by molar-refractivity contribution is -0.116. The van der Waals surface area contributed by atoms with Crippen LogP contribution in [0.3, 0.4) is 0 Å². The zero-order chi connectivity index (χ0) is 13.5. The van der Waals surface area contributed by atoms with Gasteiger partial charge in [-0.3, -0.25) is 9.59 Å². The second-order valence-electron chi connectivity index (χ2n) is 4.03. The number of amides is 2. The average Bonchev–Trinajstić information content (AvgIpc) is 2.30. The predicted molar refractivity (Wildman–Crippen MR) is 73.9 cm³/mol. The molecule has 2 amide bonds.